The molecule has 0 atom stereocenters. The summed E-state index contributed by atoms with van der Waals surface area (Å²) in [6.45, 7) is 5.02. The highest BCUT2D eigenvalue weighted by molar-refractivity contribution is 7.89. The molecule has 3 aliphatic rings. The lowest BCUT2D eigenvalue weighted by Crippen LogP contribution is -2.47. The van der Waals surface area contributed by atoms with Crippen molar-refractivity contribution in [1.82, 2.24) is 9.21 Å². The number of benzene rings is 1. The summed E-state index contributed by atoms with van der Waals surface area (Å²) in [6, 6.07) is 6.22. The Hall–Kier alpha value is -1.40. The molecule has 148 valence electrons. The summed E-state index contributed by atoms with van der Waals surface area (Å²) < 4.78 is 27.7. The number of amides is 1. The number of carbonyl (C=O) groups excluding carboxylic acids is 1. The Morgan fingerprint density at radius 2 is 1.74 bits per heavy atom. The Balaban J connectivity index is 1.43. The Bertz CT molecular complexity index is 820. The number of hydrogen-bond donors (Lipinski definition) is 0. The van der Waals surface area contributed by atoms with Crippen LogP contribution in [-0.4, -0.2) is 48.7 Å². The third kappa shape index (κ3) is 3.66. The number of sulfonamides is 1. The Kier molecular flexibility index (Phi) is 5.06. The summed E-state index contributed by atoms with van der Waals surface area (Å²) in [7, 11) is -3.46. The van der Waals surface area contributed by atoms with Crippen LogP contribution in [0.15, 0.2) is 23.1 Å². The number of hydrogen-bond acceptors (Lipinski definition) is 3. The van der Waals surface area contributed by atoms with Crippen molar-refractivity contribution < 1.29 is 13.2 Å². The first-order valence-electron chi connectivity index (χ1n) is 10.3. The molecule has 0 radical (unpaired) electrons. The highest BCUT2D eigenvalue weighted by atomic mass is 32.2. The van der Waals surface area contributed by atoms with Gasteiger partial charge in [0.15, 0.2) is 0 Å². The van der Waals surface area contributed by atoms with Gasteiger partial charge in [-0.05, 0) is 82.1 Å². The van der Waals surface area contributed by atoms with Crippen LogP contribution in [0.25, 0.3) is 0 Å². The minimum atomic E-state index is -3.46. The fraction of sp³-hybridized carbons (Fsp3) is 0.667. The van der Waals surface area contributed by atoms with E-state index < -0.39 is 10.0 Å². The zero-order valence-electron chi connectivity index (χ0n) is 16.4. The molecule has 1 heterocycles. The van der Waals surface area contributed by atoms with Crippen molar-refractivity contribution in [3.8, 4) is 0 Å². The number of aryl methyl sites for hydroxylation is 2. The minimum absolute atomic E-state index is 0.0422. The predicted octanol–water partition coefficient (Wildman–Crippen LogP) is 2.98. The molecule has 1 aliphatic heterocycles. The van der Waals surface area contributed by atoms with Crippen molar-refractivity contribution in [2.24, 2.45) is 5.92 Å². The van der Waals surface area contributed by atoms with Crippen molar-refractivity contribution in [1.29, 1.82) is 0 Å². The average Bonchev–Trinajstić information content (AvgIpc) is 3.36. The van der Waals surface area contributed by atoms with Gasteiger partial charge in [0.1, 0.15) is 0 Å². The van der Waals surface area contributed by atoms with Crippen LogP contribution in [0.3, 0.4) is 0 Å². The van der Waals surface area contributed by atoms with Crippen molar-refractivity contribution in [3.05, 3.63) is 29.3 Å². The predicted molar refractivity (Wildman–Crippen MR) is 105 cm³/mol. The maximum atomic E-state index is 13.1. The third-order valence-corrected chi connectivity index (χ3v) is 8.16. The van der Waals surface area contributed by atoms with Crippen LogP contribution in [0.4, 0.5) is 0 Å². The molecular formula is C21H30N2O3S. The number of rotatable bonds is 5. The van der Waals surface area contributed by atoms with Gasteiger partial charge in [-0.3, -0.25) is 4.79 Å². The summed E-state index contributed by atoms with van der Waals surface area (Å²) in [5.41, 5.74) is 2.46. The summed E-state index contributed by atoms with van der Waals surface area (Å²) in [6.07, 6.45) is 6.60. The number of nitrogens with zero attached hydrogens (tertiary/aromatic N) is 2. The molecular weight excluding hydrogens is 360 g/mol. The number of piperidine rings is 1. The second-order valence-electron chi connectivity index (χ2n) is 8.53. The quantitative estimate of drug-likeness (QED) is 0.777. The third-order valence-electron chi connectivity index (χ3n) is 6.26. The molecule has 0 aromatic heterocycles. The van der Waals surface area contributed by atoms with Crippen LogP contribution in [0, 0.1) is 5.92 Å². The van der Waals surface area contributed by atoms with Gasteiger partial charge >= 0.3 is 0 Å². The maximum Gasteiger partial charge on any atom is 0.243 e. The molecule has 0 N–H and O–H groups in total. The first-order valence-corrected chi connectivity index (χ1v) is 11.8. The van der Waals surface area contributed by atoms with Crippen LogP contribution in [0.2, 0.25) is 0 Å². The molecule has 2 fully saturated rings. The largest absolute Gasteiger partial charge is 0.337 e. The van der Waals surface area contributed by atoms with E-state index >= 15 is 0 Å². The van der Waals surface area contributed by atoms with Gasteiger partial charge in [0.2, 0.25) is 15.9 Å². The molecule has 0 bridgehead atoms. The maximum absolute atomic E-state index is 13.1. The van der Waals surface area contributed by atoms with Gasteiger partial charge in [-0.15, -0.1) is 0 Å². The lowest BCUT2D eigenvalue weighted by molar-refractivity contribution is -0.139. The second kappa shape index (κ2) is 7.21. The molecule has 5 nitrogen and oxygen atoms in total. The molecule has 0 unspecified atom stereocenters. The van der Waals surface area contributed by atoms with Crippen molar-refractivity contribution >= 4 is 15.9 Å². The van der Waals surface area contributed by atoms with Crippen molar-refractivity contribution in [2.45, 2.75) is 75.8 Å². The van der Waals surface area contributed by atoms with Crippen LogP contribution < -0.4 is 0 Å². The van der Waals surface area contributed by atoms with Crippen LogP contribution in [-0.2, 0) is 27.7 Å². The van der Waals surface area contributed by atoms with E-state index in [0.717, 1.165) is 32.1 Å². The van der Waals surface area contributed by atoms with Crippen LogP contribution in [0.5, 0.6) is 0 Å². The van der Waals surface area contributed by atoms with Gasteiger partial charge in [0, 0.05) is 31.1 Å². The number of fused-ring (bicyclic) bond motifs is 1. The molecule has 1 saturated heterocycles. The minimum Gasteiger partial charge on any atom is -0.337 e. The van der Waals surface area contributed by atoms with Crippen LogP contribution >= 0.6 is 0 Å². The van der Waals surface area contributed by atoms with Gasteiger partial charge in [0.05, 0.1) is 4.90 Å². The average molecular weight is 391 g/mol. The van der Waals surface area contributed by atoms with Crippen molar-refractivity contribution in [3.63, 3.8) is 0 Å². The van der Waals surface area contributed by atoms with E-state index in [1.807, 2.05) is 17.0 Å². The molecule has 6 heteroatoms. The van der Waals surface area contributed by atoms with Gasteiger partial charge < -0.3 is 4.90 Å². The van der Waals surface area contributed by atoms with E-state index in [9.17, 15) is 13.2 Å². The Morgan fingerprint density at radius 1 is 1.07 bits per heavy atom. The highest BCUT2D eigenvalue weighted by Gasteiger charge is 2.39. The molecule has 1 saturated carbocycles. The van der Waals surface area contributed by atoms with Crippen molar-refractivity contribution in [2.75, 3.05) is 13.1 Å². The lowest BCUT2D eigenvalue weighted by atomic mass is 9.96. The second-order valence-corrected chi connectivity index (χ2v) is 10.5. The standard InChI is InChI=1S/C21H30N2O3S/c1-15(2)23(19-7-8-19)21(24)17-10-12-22(13-11-17)27(25,26)20-9-6-16-4-3-5-18(16)14-20/h6,9,14-15,17,19H,3-5,7-8,10-13H2,1-2H3. The molecule has 2 aliphatic carbocycles. The van der Waals surface area contributed by atoms with Gasteiger partial charge in [-0.2, -0.15) is 4.31 Å². The molecule has 0 spiro atoms. The fourth-order valence-corrected chi connectivity index (χ4v) is 6.14. The Labute approximate surface area is 162 Å². The summed E-state index contributed by atoms with van der Waals surface area (Å²) in [5.74, 6) is 0.182. The molecule has 1 aromatic carbocycles. The van der Waals surface area contributed by atoms with E-state index in [1.54, 1.807) is 10.4 Å². The Morgan fingerprint density at radius 3 is 2.37 bits per heavy atom. The SMILES string of the molecule is CC(C)N(C(=O)C1CCN(S(=O)(=O)c2ccc3c(c2)CCC3)CC1)C1CC1. The monoisotopic (exact) mass is 390 g/mol. The molecule has 1 amide bonds. The molecule has 4 rings (SSSR count). The first-order chi connectivity index (χ1) is 12.9. The van der Waals surface area contributed by atoms with Gasteiger partial charge in [-0.1, -0.05) is 6.07 Å². The molecule has 27 heavy (non-hydrogen) atoms. The van der Waals surface area contributed by atoms with E-state index in [2.05, 4.69) is 13.8 Å². The fourth-order valence-electron chi connectivity index (χ4n) is 4.62. The van der Waals surface area contributed by atoms with E-state index in [1.165, 1.54) is 11.1 Å². The summed E-state index contributed by atoms with van der Waals surface area (Å²) in [5, 5.41) is 0. The van der Waals surface area contributed by atoms with E-state index in [-0.39, 0.29) is 17.9 Å². The normalized spacial score (nSPS) is 21.4. The zero-order chi connectivity index (χ0) is 19.2. The smallest absolute Gasteiger partial charge is 0.243 e. The molecule has 1 aromatic rings. The first kappa shape index (κ1) is 18.9. The number of carbonyl (C=O) groups is 1. The van der Waals surface area contributed by atoms with Gasteiger partial charge in [0.25, 0.3) is 0 Å². The van der Waals surface area contributed by atoms with Gasteiger partial charge in [-0.25, -0.2) is 8.42 Å². The topological polar surface area (TPSA) is 57.7 Å². The van der Waals surface area contributed by atoms with E-state index in [0.29, 0.717) is 36.9 Å². The summed E-state index contributed by atoms with van der Waals surface area (Å²) >= 11 is 0. The van der Waals surface area contributed by atoms with E-state index in [4.69, 9.17) is 0 Å². The summed E-state index contributed by atoms with van der Waals surface area (Å²) in [4.78, 5) is 15.4. The van der Waals surface area contributed by atoms with Crippen LogP contribution in [0.1, 0.15) is 57.1 Å². The zero-order valence-corrected chi connectivity index (χ0v) is 17.2. The highest BCUT2D eigenvalue weighted by Crippen LogP contribution is 2.33. The lowest BCUT2D eigenvalue weighted by Gasteiger charge is -2.35.